The summed E-state index contributed by atoms with van der Waals surface area (Å²) in [6.07, 6.45) is -0.407. The minimum absolute atomic E-state index is 0.167. The molecule has 1 atom stereocenters. The van der Waals surface area contributed by atoms with Gasteiger partial charge in [0.15, 0.2) is 0 Å². The van der Waals surface area contributed by atoms with Crippen LogP contribution in [0.25, 0.3) is 0 Å². The third kappa shape index (κ3) is 5.91. The molecule has 0 spiro atoms. The van der Waals surface area contributed by atoms with E-state index in [1.54, 1.807) is 0 Å². The minimum Gasteiger partial charge on any atom is -0.478 e. The van der Waals surface area contributed by atoms with Crippen molar-refractivity contribution in [2.24, 2.45) is 0 Å². The van der Waals surface area contributed by atoms with Crippen molar-refractivity contribution >= 4 is 11.9 Å². The largest absolute Gasteiger partial charge is 0.478 e. The predicted molar refractivity (Wildman–Crippen MR) is 91.0 cm³/mol. The van der Waals surface area contributed by atoms with E-state index in [4.69, 9.17) is 4.74 Å². The molecule has 0 saturated carbocycles. The topological polar surface area (TPSA) is 75.6 Å². The molecule has 0 fully saturated rings. The molecule has 0 aliphatic heterocycles. The van der Waals surface area contributed by atoms with E-state index in [2.05, 4.69) is 5.32 Å². The minimum atomic E-state index is -1.24. The second-order valence-corrected chi connectivity index (χ2v) is 5.63. The van der Waals surface area contributed by atoms with Crippen LogP contribution in [0.1, 0.15) is 17.5 Å². The number of carboxylic acids is 1. The average molecular weight is 345 g/mol. The van der Waals surface area contributed by atoms with Gasteiger partial charge >= 0.3 is 5.97 Å². The van der Waals surface area contributed by atoms with Crippen molar-refractivity contribution in [2.75, 3.05) is 6.54 Å². The van der Waals surface area contributed by atoms with Gasteiger partial charge in [0.05, 0.1) is 6.54 Å². The molecule has 0 heterocycles. The molecular formula is C19H20FNO4. The Labute approximate surface area is 145 Å². The molecule has 25 heavy (non-hydrogen) atoms. The van der Waals surface area contributed by atoms with Crippen LogP contribution in [0.2, 0.25) is 0 Å². The Morgan fingerprint density at radius 2 is 1.84 bits per heavy atom. The average Bonchev–Trinajstić information content (AvgIpc) is 2.59. The molecule has 2 N–H and O–H groups in total. The van der Waals surface area contributed by atoms with Crippen molar-refractivity contribution in [1.82, 2.24) is 5.32 Å². The van der Waals surface area contributed by atoms with Crippen LogP contribution in [0.5, 0.6) is 5.75 Å². The molecular weight excluding hydrogens is 325 g/mol. The highest BCUT2D eigenvalue weighted by Gasteiger charge is 2.20. The molecule has 2 aromatic carbocycles. The fourth-order valence-electron chi connectivity index (χ4n) is 2.29. The standard InChI is InChI=1S/C19H20FNO4/c1-13-4-2-3-5-14(13)6-11-18(22)21-12-17(19(23)24)25-16-9-7-15(20)8-10-16/h2-5,7-10,17H,6,11-12H2,1H3,(H,21,22)(H,23,24). The zero-order valence-corrected chi connectivity index (χ0v) is 13.9. The number of carboxylic acid groups (broad SMARTS) is 1. The van der Waals surface area contributed by atoms with Gasteiger partial charge in [-0.3, -0.25) is 4.79 Å². The van der Waals surface area contributed by atoms with Crippen LogP contribution in [0, 0.1) is 12.7 Å². The number of carbonyl (C=O) groups excluding carboxylic acids is 1. The van der Waals surface area contributed by atoms with Crippen molar-refractivity contribution in [3.63, 3.8) is 0 Å². The van der Waals surface area contributed by atoms with Gasteiger partial charge in [-0.1, -0.05) is 24.3 Å². The molecule has 0 saturated heterocycles. The Morgan fingerprint density at radius 1 is 1.16 bits per heavy atom. The summed E-state index contributed by atoms with van der Waals surface area (Å²) in [6.45, 7) is 1.81. The Bertz CT molecular complexity index is 730. The van der Waals surface area contributed by atoms with E-state index in [0.29, 0.717) is 6.42 Å². The summed E-state index contributed by atoms with van der Waals surface area (Å²) in [6, 6.07) is 12.8. The van der Waals surface area contributed by atoms with E-state index in [-0.39, 0.29) is 24.6 Å². The van der Waals surface area contributed by atoms with E-state index in [0.717, 1.165) is 11.1 Å². The molecule has 0 aliphatic rings. The first kappa shape index (κ1) is 18.4. The van der Waals surface area contributed by atoms with E-state index in [1.165, 1.54) is 24.3 Å². The lowest BCUT2D eigenvalue weighted by molar-refractivity contribution is -0.145. The Morgan fingerprint density at radius 3 is 2.48 bits per heavy atom. The molecule has 0 aliphatic carbocycles. The van der Waals surface area contributed by atoms with E-state index >= 15 is 0 Å². The maximum atomic E-state index is 12.9. The van der Waals surface area contributed by atoms with Crippen LogP contribution in [0.4, 0.5) is 4.39 Å². The van der Waals surface area contributed by atoms with Crippen molar-refractivity contribution in [3.05, 3.63) is 65.5 Å². The van der Waals surface area contributed by atoms with Crippen molar-refractivity contribution in [2.45, 2.75) is 25.9 Å². The number of amides is 1. The molecule has 0 aromatic heterocycles. The molecule has 2 aromatic rings. The smallest absolute Gasteiger partial charge is 0.346 e. The number of benzene rings is 2. The van der Waals surface area contributed by atoms with Gasteiger partial charge in [-0.15, -0.1) is 0 Å². The van der Waals surface area contributed by atoms with Crippen molar-refractivity contribution in [3.8, 4) is 5.75 Å². The number of rotatable bonds is 8. The lowest BCUT2D eigenvalue weighted by atomic mass is 10.0. The van der Waals surface area contributed by atoms with Crippen LogP contribution >= 0.6 is 0 Å². The number of aryl methyl sites for hydroxylation is 2. The molecule has 2 rings (SSSR count). The summed E-state index contributed by atoms with van der Waals surface area (Å²) in [4.78, 5) is 23.2. The number of ether oxygens (including phenoxy) is 1. The zero-order valence-electron chi connectivity index (χ0n) is 13.9. The second kappa shape index (κ2) is 8.82. The van der Waals surface area contributed by atoms with E-state index in [1.807, 2.05) is 31.2 Å². The molecule has 0 radical (unpaired) electrons. The van der Waals surface area contributed by atoms with Crippen molar-refractivity contribution < 1.29 is 23.8 Å². The van der Waals surface area contributed by atoms with Gasteiger partial charge < -0.3 is 15.2 Å². The van der Waals surface area contributed by atoms with Crippen LogP contribution in [-0.4, -0.2) is 29.6 Å². The number of hydrogen-bond acceptors (Lipinski definition) is 3. The Hall–Kier alpha value is -2.89. The Balaban J connectivity index is 1.83. The first-order valence-electron chi connectivity index (χ1n) is 7.92. The van der Waals surface area contributed by atoms with Gasteiger partial charge in [-0.25, -0.2) is 9.18 Å². The fraction of sp³-hybridized carbons (Fsp3) is 0.263. The number of halogens is 1. The van der Waals surface area contributed by atoms with Gasteiger partial charge in [-0.2, -0.15) is 0 Å². The lowest BCUT2D eigenvalue weighted by Crippen LogP contribution is -2.40. The zero-order chi connectivity index (χ0) is 18.2. The maximum Gasteiger partial charge on any atom is 0.346 e. The summed E-state index contributed by atoms with van der Waals surface area (Å²) >= 11 is 0. The molecule has 132 valence electrons. The highest BCUT2D eigenvalue weighted by molar-refractivity contribution is 5.78. The number of nitrogens with one attached hydrogen (secondary N) is 1. The first-order chi connectivity index (χ1) is 12.0. The monoisotopic (exact) mass is 345 g/mol. The quantitative estimate of drug-likeness (QED) is 0.771. The summed E-state index contributed by atoms with van der Waals surface area (Å²) in [5.74, 6) is -1.67. The SMILES string of the molecule is Cc1ccccc1CCC(=O)NCC(Oc1ccc(F)cc1)C(=O)O. The Kier molecular flexibility index (Phi) is 6.51. The van der Waals surface area contributed by atoms with Gasteiger partial charge in [0.1, 0.15) is 11.6 Å². The molecule has 1 unspecified atom stereocenters. The van der Waals surface area contributed by atoms with Crippen molar-refractivity contribution in [1.29, 1.82) is 0 Å². The van der Waals surface area contributed by atoms with E-state index < -0.39 is 17.9 Å². The molecule has 0 bridgehead atoms. The second-order valence-electron chi connectivity index (χ2n) is 5.63. The predicted octanol–water partition coefficient (Wildman–Crippen LogP) is 2.72. The van der Waals surface area contributed by atoms with Gasteiger partial charge in [0.2, 0.25) is 12.0 Å². The lowest BCUT2D eigenvalue weighted by Gasteiger charge is -2.16. The summed E-state index contributed by atoms with van der Waals surface area (Å²) in [7, 11) is 0. The highest BCUT2D eigenvalue weighted by atomic mass is 19.1. The maximum absolute atomic E-state index is 12.9. The third-order valence-corrected chi connectivity index (χ3v) is 3.73. The third-order valence-electron chi connectivity index (χ3n) is 3.73. The normalized spacial score (nSPS) is 11.6. The molecule has 5 nitrogen and oxygen atoms in total. The summed E-state index contributed by atoms with van der Waals surface area (Å²) in [5, 5.41) is 11.8. The van der Waals surface area contributed by atoms with Gasteiger partial charge in [0, 0.05) is 6.42 Å². The van der Waals surface area contributed by atoms with Crippen LogP contribution in [-0.2, 0) is 16.0 Å². The molecule has 1 amide bonds. The first-order valence-corrected chi connectivity index (χ1v) is 7.92. The van der Waals surface area contributed by atoms with Crippen LogP contribution in [0.3, 0.4) is 0 Å². The number of hydrogen-bond donors (Lipinski definition) is 2. The van der Waals surface area contributed by atoms with Crippen LogP contribution < -0.4 is 10.1 Å². The highest BCUT2D eigenvalue weighted by Crippen LogP contribution is 2.13. The van der Waals surface area contributed by atoms with E-state index in [9.17, 15) is 19.1 Å². The summed E-state index contributed by atoms with van der Waals surface area (Å²) < 4.78 is 18.1. The summed E-state index contributed by atoms with van der Waals surface area (Å²) in [5.41, 5.74) is 2.19. The van der Waals surface area contributed by atoms with Gasteiger partial charge in [0.25, 0.3) is 0 Å². The van der Waals surface area contributed by atoms with Gasteiger partial charge in [-0.05, 0) is 48.7 Å². The number of carbonyl (C=O) groups is 2. The molecule has 6 heteroatoms. The van der Waals surface area contributed by atoms with Crippen LogP contribution in [0.15, 0.2) is 48.5 Å². The number of aliphatic carboxylic acids is 1. The fourth-order valence-corrected chi connectivity index (χ4v) is 2.29.